The van der Waals surface area contributed by atoms with E-state index in [9.17, 15) is 22.4 Å². The van der Waals surface area contributed by atoms with Gasteiger partial charge in [0.05, 0.1) is 6.61 Å². The molecule has 0 atom stereocenters. The Morgan fingerprint density at radius 3 is 2.73 bits per heavy atom. The lowest BCUT2D eigenvalue weighted by molar-refractivity contribution is -0.168. The molecule has 11 heteroatoms. The summed E-state index contributed by atoms with van der Waals surface area (Å²) in [6.07, 6.45) is -2.67. The average Bonchev–Trinajstić information content (AvgIpc) is 3.15. The average molecular weight is 432 g/mol. The number of urea groups is 1. The molecule has 2 N–H and O–H groups in total. The van der Waals surface area contributed by atoms with Crippen molar-refractivity contribution >= 4 is 11.7 Å². The normalized spacial score (nSPS) is 11.9. The number of hydrogen-bond acceptors (Lipinski definition) is 5. The van der Waals surface area contributed by atoms with Crippen molar-refractivity contribution in [1.29, 1.82) is 0 Å². The lowest BCUT2D eigenvalue weighted by Gasteiger charge is -2.15. The van der Waals surface area contributed by atoms with Crippen molar-refractivity contribution in [3.63, 3.8) is 0 Å². The molecule has 2 aromatic rings. The first kappa shape index (κ1) is 23.6. The second-order valence-electron chi connectivity index (χ2n) is 6.94. The van der Waals surface area contributed by atoms with Crippen molar-refractivity contribution in [2.24, 2.45) is 0 Å². The predicted octanol–water partition coefficient (Wildman–Crippen LogP) is 4.36. The monoisotopic (exact) mass is 432 g/mol. The Labute approximate surface area is 171 Å². The van der Waals surface area contributed by atoms with Crippen LogP contribution in [-0.2, 0) is 17.8 Å². The molecule has 0 aliphatic carbocycles. The van der Waals surface area contributed by atoms with E-state index in [0.29, 0.717) is 42.4 Å². The summed E-state index contributed by atoms with van der Waals surface area (Å²) in [7, 11) is 0. The van der Waals surface area contributed by atoms with Gasteiger partial charge in [-0.2, -0.15) is 13.8 Å². The van der Waals surface area contributed by atoms with Gasteiger partial charge in [0, 0.05) is 24.6 Å². The summed E-state index contributed by atoms with van der Waals surface area (Å²) in [4.78, 5) is 16.2. The van der Waals surface area contributed by atoms with Crippen LogP contribution in [0.25, 0.3) is 0 Å². The number of nitrogens with zero attached hydrogens (tertiary/aromatic N) is 2. The SMILES string of the molecule is CC(C)c1noc(CCCNC(=O)Nc2cccc(COCC(F)(F)C(F)F)c2)n1. The quantitative estimate of drug-likeness (QED) is 0.407. The Morgan fingerprint density at radius 2 is 2.07 bits per heavy atom. The largest absolute Gasteiger partial charge is 0.370 e. The molecule has 0 saturated heterocycles. The van der Waals surface area contributed by atoms with Crippen molar-refractivity contribution in [2.45, 2.75) is 51.6 Å². The maximum absolute atomic E-state index is 12.8. The van der Waals surface area contributed by atoms with E-state index in [0.717, 1.165) is 0 Å². The number of aromatic nitrogens is 2. The van der Waals surface area contributed by atoms with Gasteiger partial charge in [-0.1, -0.05) is 31.1 Å². The van der Waals surface area contributed by atoms with Gasteiger partial charge in [0.2, 0.25) is 5.89 Å². The van der Waals surface area contributed by atoms with E-state index in [1.54, 1.807) is 18.2 Å². The number of nitrogens with one attached hydrogen (secondary N) is 2. The molecule has 1 heterocycles. The maximum atomic E-state index is 12.8. The number of hydrogen-bond donors (Lipinski definition) is 2. The van der Waals surface area contributed by atoms with Crippen molar-refractivity contribution < 1.29 is 31.6 Å². The Morgan fingerprint density at radius 1 is 1.30 bits per heavy atom. The van der Waals surface area contributed by atoms with Crippen LogP contribution in [0.4, 0.5) is 28.0 Å². The fourth-order valence-corrected chi connectivity index (χ4v) is 2.33. The van der Waals surface area contributed by atoms with Crippen LogP contribution in [-0.4, -0.2) is 41.7 Å². The highest BCUT2D eigenvalue weighted by Crippen LogP contribution is 2.23. The molecule has 166 valence electrons. The van der Waals surface area contributed by atoms with Crippen LogP contribution in [0.2, 0.25) is 0 Å². The standard InChI is InChI=1S/C19H24F4N4O3/c1-12(2)16-26-15(30-27-16)7-4-8-24-18(28)25-14-6-3-5-13(9-14)10-29-11-19(22,23)17(20)21/h3,5-6,9,12,17H,4,7-8,10-11H2,1-2H3,(H2,24,25,28). The number of aryl methyl sites for hydroxylation is 1. The summed E-state index contributed by atoms with van der Waals surface area (Å²) in [6, 6.07) is 5.81. The second-order valence-corrected chi connectivity index (χ2v) is 6.94. The molecule has 0 aliphatic rings. The Kier molecular flexibility index (Phi) is 8.58. The molecule has 0 bridgehead atoms. The Balaban J connectivity index is 1.71. The zero-order valence-corrected chi connectivity index (χ0v) is 16.6. The van der Waals surface area contributed by atoms with Crippen LogP contribution in [0.15, 0.2) is 28.8 Å². The van der Waals surface area contributed by atoms with Gasteiger partial charge in [-0.05, 0) is 24.1 Å². The van der Waals surface area contributed by atoms with E-state index in [4.69, 9.17) is 4.52 Å². The maximum Gasteiger partial charge on any atom is 0.330 e. The van der Waals surface area contributed by atoms with Gasteiger partial charge < -0.3 is 19.9 Å². The van der Waals surface area contributed by atoms with Gasteiger partial charge in [0.25, 0.3) is 0 Å². The number of amides is 2. The van der Waals surface area contributed by atoms with Crippen LogP contribution in [0.5, 0.6) is 0 Å². The van der Waals surface area contributed by atoms with Gasteiger partial charge in [-0.25, -0.2) is 13.6 Å². The van der Waals surface area contributed by atoms with Crippen LogP contribution >= 0.6 is 0 Å². The first-order valence-corrected chi connectivity index (χ1v) is 9.37. The van der Waals surface area contributed by atoms with E-state index >= 15 is 0 Å². The molecule has 0 aliphatic heterocycles. The van der Waals surface area contributed by atoms with Crippen molar-refractivity contribution in [3.05, 3.63) is 41.5 Å². The summed E-state index contributed by atoms with van der Waals surface area (Å²) in [5.41, 5.74) is 0.864. The summed E-state index contributed by atoms with van der Waals surface area (Å²) >= 11 is 0. The van der Waals surface area contributed by atoms with Gasteiger partial charge in [0.1, 0.15) is 6.61 Å². The van der Waals surface area contributed by atoms with E-state index in [-0.39, 0.29) is 12.5 Å². The lowest BCUT2D eigenvalue weighted by atomic mass is 10.2. The van der Waals surface area contributed by atoms with Crippen molar-refractivity contribution in [3.8, 4) is 0 Å². The number of alkyl halides is 4. The third-order valence-corrected chi connectivity index (χ3v) is 3.92. The lowest BCUT2D eigenvalue weighted by Crippen LogP contribution is -2.32. The number of rotatable bonds is 11. The molecule has 2 rings (SSSR count). The fraction of sp³-hybridized carbons (Fsp3) is 0.526. The summed E-state index contributed by atoms with van der Waals surface area (Å²) < 4.78 is 59.7. The minimum atomic E-state index is -4.20. The minimum absolute atomic E-state index is 0.174. The minimum Gasteiger partial charge on any atom is -0.370 e. The second kappa shape index (κ2) is 10.9. The number of ether oxygens (including phenoxy) is 1. The highest BCUT2D eigenvalue weighted by Gasteiger charge is 2.40. The molecule has 1 aromatic heterocycles. The van der Waals surface area contributed by atoms with Crippen molar-refractivity contribution in [1.82, 2.24) is 15.5 Å². The highest BCUT2D eigenvalue weighted by molar-refractivity contribution is 5.89. The number of anilines is 1. The number of benzene rings is 1. The predicted molar refractivity (Wildman–Crippen MR) is 101 cm³/mol. The number of carbonyl (C=O) groups is 1. The third-order valence-electron chi connectivity index (χ3n) is 3.92. The van der Waals surface area contributed by atoms with Gasteiger partial charge in [-0.3, -0.25) is 0 Å². The molecule has 30 heavy (non-hydrogen) atoms. The number of carbonyl (C=O) groups excluding carboxylic acids is 1. The smallest absolute Gasteiger partial charge is 0.330 e. The zero-order valence-electron chi connectivity index (χ0n) is 16.6. The first-order chi connectivity index (χ1) is 14.2. The third kappa shape index (κ3) is 7.62. The molecule has 0 unspecified atom stereocenters. The van der Waals surface area contributed by atoms with E-state index in [1.807, 2.05) is 13.8 Å². The van der Waals surface area contributed by atoms with Gasteiger partial charge in [-0.15, -0.1) is 0 Å². The Hall–Kier alpha value is -2.69. The van der Waals surface area contributed by atoms with Gasteiger partial charge in [0.15, 0.2) is 5.82 Å². The summed E-state index contributed by atoms with van der Waals surface area (Å²) in [5.74, 6) is -2.88. The first-order valence-electron chi connectivity index (χ1n) is 9.37. The summed E-state index contributed by atoms with van der Waals surface area (Å²) in [6.45, 7) is 2.61. The van der Waals surface area contributed by atoms with Gasteiger partial charge >= 0.3 is 18.4 Å². The molecule has 0 spiro atoms. The topological polar surface area (TPSA) is 89.3 Å². The van der Waals surface area contributed by atoms with Crippen LogP contribution in [0, 0.1) is 0 Å². The molecule has 0 fully saturated rings. The van der Waals surface area contributed by atoms with Crippen LogP contribution < -0.4 is 10.6 Å². The Bertz CT molecular complexity index is 815. The molecular formula is C19H24F4N4O3. The highest BCUT2D eigenvalue weighted by atomic mass is 19.3. The molecule has 7 nitrogen and oxygen atoms in total. The van der Waals surface area contributed by atoms with Crippen molar-refractivity contribution in [2.75, 3.05) is 18.5 Å². The zero-order chi connectivity index (χ0) is 22.1. The summed E-state index contributed by atoms with van der Waals surface area (Å²) in [5, 5.41) is 9.13. The van der Waals surface area contributed by atoms with E-state index < -0.39 is 25.0 Å². The van der Waals surface area contributed by atoms with E-state index in [2.05, 4.69) is 25.5 Å². The molecule has 2 amide bonds. The fourth-order valence-electron chi connectivity index (χ4n) is 2.33. The molecule has 0 saturated carbocycles. The molecular weight excluding hydrogens is 408 g/mol. The molecule has 0 radical (unpaired) electrons. The van der Waals surface area contributed by atoms with Crippen LogP contribution in [0.1, 0.15) is 43.5 Å². The van der Waals surface area contributed by atoms with E-state index in [1.165, 1.54) is 6.07 Å². The molecule has 1 aromatic carbocycles. The number of halogens is 4. The van der Waals surface area contributed by atoms with Crippen LogP contribution in [0.3, 0.4) is 0 Å².